The van der Waals surface area contributed by atoms with E-state index in [9.17, 15) is 13.2 Å². The Morgan fingerprint density at radius 1 is 1.19 bits per heavy atom. The number of sulfonamides is 1. The van der Waals surface area contributed by atoms with Gasteiger partial charge in [0.1, 0.15) is 0 Å². The highest BCUT2D eigenvalue weighted by atomic mass is 35.5. The molecule has 0 spiro atoms. The third-order valence-electron chi connectivity index (χ3n) is 4.27. The summed E-state index contributed by atoms with van der Waals surface area (Å²) in [6, 6.07) is 11.6. The molecule has 0 saturated heterocycles. The number of carbonyl (C=O) groups excluding carboxylic acids is 1. The Hall–Kier alpha value is -1.93. The summed E-state index contributed by atoms with van der Waals surface area (Å²) in [5, 5.41) is 8.52. The van der Waals surface area contributed by atoms with Crippen LogP contribution in [0.4, 0.5) is 5.69 Å². The number of rotatable bonds is 8. The van der Waals surface area contributed by atoms with Crippen molar-refractivity contribution < 1.29 is 17.9 Å². The number of ether oxygens (including phenoxy) is 1. The van der Waals surface area contributed by atoms with Crippen molar-refractivity contribution in [3.05, 3.63) is 58.6 Å². The van der Waals surface area contributed by atoms with E-state index in [4.69, 9.17) is 21.5 Å². The predicted octanol–water partition coefficient (Wildman–Crippen LogP) is 3.10. The molecule has 27 heavy (non-hydrogen) atoms. The fraction of sp³-hybridized carbons (Fsp3) is 0.316. The number of anilines is 1. The fourth-order valence-electron chi connectivity index (χ4n) is 2.66. The monoisotopic (exact) mass is 408 g/mol. The molecule has 0 unspecified atom stereocenters. The Morgan fingerprint density at radius 2 is 1.93 bits per heavy atom. The van der Waals surface area contributed by atoms with E-state index >= 15 is 0 Å². The first-order chi connectivity index (χ1) is 12.8. The maximum atomic E-state index is 12.3. The van der Waals surface area contributed by atoms with E-state index in [1.54, 1.807) is 36.4 Å². The average molecular weight is 409 g/mol. The molecule has 1 aliphatic rings. The van der Waals surface area contributed by atoms with Crippen LogP contribution >= 0.6 is 11.6 Å². The summed E-state index contributed by atoms with van der Waals surface area (Å²) in [4.78, 5) is 12.2. The van der Waals surface area contributed by atoms with Gasteiger partial charge in [-0.1, -0.05) is 35.9 Å². The Morgan fingerprint density at radius 3 is 2.59 bits per heavy atom. The summed E-state index contributed by atoms with van der Waals surface area (Å²) in [6.45, 7) is 0.774. The van der Waals surface area contributed by atoms with E-state index in [0.29, 0.717) is 34.4 Å². The molecule has 0 heterocycles. The molecule has 0 radical (unpaired) electrons. The zero-order chi connectivity index (χ0) is 19.4. The normalized spacial score (nSPS) is 14.1. The lowest BCUT2D eigenvalue weighted by atomic mass is 10.1. The molecule has 1 fully saturated rings. The summed E-state index contributed by atoms with van der Waals surface area (Å²) in [5.74, 6) is 0.271. The maximum absolute atomic E-state index is 12.3. The Bertz CT molecular complexity index is 942. The van der Waals surface area contributed by atoms with Crippen LogP contribution in [-0.2, 0) is 32.6 Å². The first-order valence-electron chi connectivity index (χ1n) is 8.59. The molecule has 0 bridgehead atoms. The summed E-state index contributed by atoms with van der Waals surface area (Å²) in [6.07, 6.45) is 2.38. The molecule has 2 aromatic carbocycles. The van der Waals surface area contributed by atoms with Crippen LogP contribution in [0.2, 0.25) is 5.02 Å². The minimum absolute atomic E-state index is 0.0474. The zero-order valence-electron chi connectivity index (χ0n) is 14.7. The second-order valence-corrected chi connectivity index (χ2v) is 8.58. The minimum Gasteiger partial charge on any atom is -0.376 e. The molecule has 0 aromatic heterocycles. The molecule has 3 N–H and O–H groups in total. The largest absolute Gasteiger partial charge is 0.376 e. The summed E-state index contributed by atoms with van der Waals surface area (Å²) in [5.41, 5.74) is 1.51. The van der Waals surface area contributed by atoms with Crippen LogP contribution in [-0.4, -0.2) is 20.9 Å². The molecule has 3 rings (SSSR count). The van der Waals surface area contributed by atoms with Crippen LogP contribution in [0.15, 0.2) is 47.4 Å². The summed E-state index contributed by atoms with van der Waals surface area (Å²) in [7, 11) is -3.94. The van der Waals surface area contributed by atoms with Crippen LogP contribution in [0, 0.1) is 5.92 Å². The topological polar surface area (TPSA) is 98.5 Å². The third-order valence-corrected chi connectivity index (χ3v) is 5.64. The van der Waals surface area contributed by atoms with Gasteiger partial charge < -0.3 is 10.1 Å². The van der Waals surface area contributed by atoms with Crippen molar-refractivity contribution in [2.45, 2.75) is 30.8 Å². The van der Waals surface area contributed by atoms with Crippen molar-refractivity contribution in [2.24, 2.45) is 11.1 Å². The molecular formula is C19H21ClN2O4S. The molecule has 6 nitrogen and oxygen atoms in total. The Balaban J connectivity index is 1.71. The molecule has 8 heteroatoms. The van der Waals surface area contributed by atoms with Crippen LogP contribution in [0.5, 0.6) is 0 Å². The number of halogens is 1. The third kappa shape index (κ3) is 5.77. The smallest absolute Gasteiger partial charge is 0.238 e. The number of nitrogens with one attached hydrogen (secondary N) is 1. The number of primary sulfonamides is 1. The van der Waals surface area contributed by atoms with Crippen LogP contribution < -0.4 is 10.5 Å². The SMILES string of the molecule is NS(=O)(=O)c1cc(NC(=O)Cc2ccccc2Cl)ccc1COCC1CC1. The number of carbonyl (C=O) groups is 1. The van der Waals surface area contributed by atoms with Crippen molar-refractivity contribution in [1.29, 1.82) is 0 Å². The van der Waals surface area contributed by atoms with Gasteiger partial charge in [-0.3, -0.25) is 4.79 Å². The van der Waals surface area contributed by atoms with Crippen LogP contribution in [0.3, 0.4) is 0 Å². The average Bonchev–Trinajstić information content (AvgIpc) is 3.41. The van der Waals surface area contributed by atoms with Gasteiger partial charge in [0.05, 0.1) is 17.9 Å². The van der Waals surface area contributed by atoms with E-state index in [-0.39, 0.29) is 23.8 Å². The number of hydrogen-bond donors (Lipinski definition) is 2. The van der Waals surface area contributed by atoms with E-state index < -0.39 is 10.0 Å². The van der Waals surface area contributed by atoms with E-state index in [2.05, 4.69) is 5.32 Å². The lowest BCUT2D eigenvalue weighted by molar-refractivity contribution is -0.115. The number of nitrogens with two attached hydrogens (primary N) is 1. The number of amides is 1. The van der Waals surface area contributed by atoms with Gasteiger partial charge in [-0.2, -0.15) is 0 Å². The molecule has 1 aliphatic carbocycles. The molecule has 1 saturated carbocycles. The van der Waals surface area contributed by atoms with Crippen molar-refractivity contribution >= 4 is 33.2 Å². The fourth-order valence-corrected chi connectivity index (χ4v) is 3.64. The van der Waals surface area contributed by atoms with Gasteiger partial charge in [0.25, 0.3) is 0 Å². The lowest BCUT2D eigenvalue weighted by Crippen LogP contribution is -2.18. The number of benzene rings is 2. The van der Waals surface area contributed by atoms with Crippen LogP contribution in [0.25, 0.3) is 0 Å². The first-order valence-corrected chi connectivity index (χ1v) is 10.5. The van der Waals surface area contributed by atoms with Gasteiger partial charge in [-0.05, 0) is 48.1 Å². The van der Waals surface area contributed by atoms with Crippen LogP contribution in [0.1, 0.15) is 24.0 Å². The van der Waals surface area contributed by atoms with E-state index in [0.717, 1.165) is 12.8 Å². The highest BCUT2D eigenvalue weighted by Crippen LogP contribution is 2.29. The molecular weight excluding hydrogens is 388 g/mol. The second-order valence-electron chi connectivity index (χ2n) is 6.64. The van der Waals surface area contributed by atoms with Gasteiger partial charge >= 0.3 is 0 Å². The van der Waals surface area contributed by atoms with Gasteiger partial charge in [-0.15, -0.1) is 0 Å². The molecule has 2 aromatic rings. The molecule has 0 atom stereocenters. The Kier molecular flexibility index (Phi) is 6.16. The van der Waals surface area contributed by atoms with Gasteiger partial charge in [0, 0.05) is 17.3 Å². The Labute approximate surface area is 163 Å². The standard InChI is InChI=1S/C19H21ClN2O4S/c20-17-4-2-1-3-14(17)9-19(23)22-16-8-7-15(12-26-11-13-5-6-13)18(10-16)27(21,24)25/h1-4,7-8,10,13H,5-6,9,11-12H2,(H,22,23)(H2,21,24,25). The van der Waals surface area contributed by atoms with Crippen molar-refractivity contribution in [3.8, 4) is 0 Å². The minimum atomic E-state index is -3.94. The molecule has 0 aliphatic heterocycles. The zero-order valence-corrected chi connectivity index (χ0v) is 16.2. The van der Waals surface area contributed by atoms with Crippen molar-refractivity contribution in [1.82, 2.24) is 0 Å². The molecule has 1 amide bonds. The molecule has 144 valence electrons. The van der Waals surface area contributed by atoms with E-state index in [1.807, 2.05) is 0 Å². The highest BCUT2D eigenvalue weighted by Gasteiger charge is 2.22. The quantitative estimate of drug-likeness (QED) is 0.701. The highest BCUT2D eigenvalue weighted by molar-refractivity contribution is 7.89. The van der Waals surface area contributed by atoms with E-state index in [1.165, 1.54) is 6.07 Å². The second kappa shape index (κ2) is 8.39. The van der Waals surface area contributed by atoms with Gasteiger partial charge in [0.2, 0.25) is 15.9 Å². The van der Waals surface area contributed by atoms with Gasteiger partial charge in [-0.25, -0.2) is 13.6 Å². The van der Waals surface area contributed by atoms with Gasteiger partial charge in [0.15, 0.2) is 0 Å². The maximum Gasteiger partial charge on any atom is 0.238 e. The van der Waals surface area contributed by atoms with Crippen molar-refractivity contribution in [3.63, 3.8) is 0 Å². The summed E-state index contributed by atoms with van der Waals surface area (Å²) >= 11 is 6.06. The summed E-state index contributed by atoms with van der Waals surface area (Å²) < 4.78 is 29.4. The lowest BCUT2D eigenvalue weighted by Gasteiger charge is -2.12. The first kappa shape index (κ1) is 19.8. The number of hydrogen-bond acceptors (Lipinski definition) is 4. The van der Waals surface area contributed by atoms with Crippen molar-refractivity contribution in [2.75, 3.05) is 11.9 Å². The predicted molar refractivity (Wildman–Crippen MR) is 104 cm³/mol.